The van der Waals surface area contributed by atoms with Crippen molar-refractivity contribution >= 4 is 16.1 Å². The number of hydrogen-bond acceptors (Lipinski definition) is 4. The first-order chi connectivity index (χ1) is 13.3. The third-order valence-electron chi connectivity index (χ3n) is 5.15. The van der Waals surface area contributed by atoms with Crippen LogP contribution in [0.15, 0.2) is 59.5 Å². The zero-order valence-corrected chi connectivity index (χ0v) is 17.3. The van der Waals surface area contributed by atoms with Crippen LogP contribution in [-0.2, 0) is 16.6 Å². The zero-order chi connectivity index (χ0) is 20.3. The molecule has 2 aromatic rings. The Morgan fingerprint density at radius 2 is 1.57 bits per heavy atom. The Hall–Kier alpha value is -2.38. The average Bonchev–Trinajstić information content (AvgIpc) is 2.65. The molecule has 0 radical (unpaired) electrons. The first-order valence-corrected chi connectivity index (χ1v) is 10.9. The molecule has 1 saturated heterocycles. The largest absolute Gasteiger partial charge is 0.331 e. The number of rotatable bonds is 4. The van der Waals surface area contributed by atoms with Gasteiger partial charge in [-0.25, -0.2) is 17.9 Å². The molecule has 1 aliphatic heterocycles. The number of carbonyl (C=O) groups excluding carboxylic acids is 1. The van der Waals surface area contributed by atoms with E-state index in [1.807, 2.05) is 25.1 Å². The number of aryl methyl sites for hydroxylation is 1. The number of piperazine rings is 1. The number of sulfonamides is 1. The summed E-state index contributed by atoms with van der Waals surface area (Å²) in [5.41, 5.74) is 2.18. The Labute approximate surface area is 167 Å². The standard InChI is InChI=1S/C21H27N3O3S/c1-16-9-11-20(12-10-16)28(26,27)22-21(25)23-13-17(2)24(18(3)14-23)15-19-7-5-4-6-8-19/h4-12,17-18H,13-15H2,1-3H3,(H,22,25). The van der Waals surface area contributed by atoms with E-state index in [0.717, 1.165) is 12.1 Å². The quantitative estimate of drug-likeness (QED) is 0.855. The van der Waals surface area contributed by atoms with Gasteiger partial charge in [-0.1, -0.05) is 48.0 Å². The van der Waals surface area contributed by atoms with Crippen LogP contribution >= 0.6 is 0 Å². The van der Waals surface area contributed by atoms with Crippen molar-refractivity contribution in [2.45, 2.75) is 44.3 Å². The van der Waals surface area contributed by atoms with Gasteiger partial charge in [0.1, 0.15) is 0 Å². The van der Waals surface area contributed by atoms with Gasteiger partial charge >= 0.3 is 6.03 Å². The third-order valence-corrected chi connectivity index (χ3v) is 6.49. The van der Waals surface area contributed by atoms with E-state index in [9.17, 15) is 13.2 Å². The molecule has 0 aliphatic carbocycles. The highest BCUT2D eigenvalue weighted by Crippen LogP contribution is 2.19. The molecule has 1 N–H and O–H groups in total. The predicted octanol–water partition coefficient (Wildman–Crippen LogP) is 2.99. The Kier molecular flexibility index (Phi) is 6.05. The highest BCUT2D eigenvalue weighted by Gasteiger charge is 2.33. The summed E-state index contributed by atoms with van der Waals surface area (Å²) in [5, 5.41) is 0. The Bertz CT molecular complexity index is 902. The second-order valence-electron chi connectivity index (χ2n) is 7.48. The second-order valence-corrected chi connectivity index (χ2v) is 9.17. The van der Waals surface area contributed by atoms with Crippen molar-refractivity contribution in [2.24, 2.45) is 0 Å². The van der Waals surface area contributed by atoms with Crippen molar-refractivity contribution < 1.29 is 13.2 Å². The molecule has 2 atom stereocenters. The molecule has 2 aromatic carbocycles. The number of nitrogens with zero attached hydrogens (tertiary/aromatic N) is 2. The Balaban J connectivity index is 1.65. The average molecular weight is 402 g/mol. The molecule has 6 nitrogen and oxygen atoms in total. The molecular weight excluding hydrogens is 374 g/mol. The molecule has 0 spiro atoms. The Morgan fingerprint density at radius 1 is 1.00 bits per heavy atom. The van der Waals surface area contributed by atoms with Crippen LogP contribution in [0.4, 0.5) is 4.79 Å². The fourth-order valence-electron chi connectivity index (χ4n) is 3.58. The normalized spacial score (nSPS) is 20.8. The van der Waals surface area contributed by atoms with E-state index in [0.29, 0.717) is 13.1 Å². The van der Waals surface area contributed by atoms with Gasteiger partial charge in [-0.2, -0.15) is 0 Å². The summed E-state index contributed by atoms with van der Waals surface area (Å²) in [5.74, 6) is 0. The molecule has 28 heavy (non-hydrogen) atoms. The summed E-state index contributed by atoms with van der Waals surface area (Å²) < 4.78 is 27.2. The number of urea groups is 1. The third kappa shape index (κ3) is 4.72. The van der Waals surface area contributed by atoms with Crippen LogP contribution in [0.3, 0.4) is 0 Å². The highest BCUT2D eigenvalue weighted by molar-refractivity contribution is 7.90. The number of hydrogen-bond donors (Lipinski definition) is 1. The number of benzene rings is 2. The van der Waals surface area contributed by atoms with Crippen molar-refractivity contribution in [3.05, 3.63) is 65.7 Å². The molecule has 3 rings (SSSR count). The summed E-state index contributed by atoms with van der Waals surface area (Å²) >= 11 is 0. The maximum absolute atomic E-state index is 12.6. The SMILES string of the molecule is Cc1ccc(S(=O)(=O)NC(=O)N2CC(C)N(Cc3ccccc3)C(C)C2)cc1. The van der Waals surface area contributed by atoms with E-state index in [1.54, 1.807) is 17.0 Å². The second kappa shape index (κ2) is 8.32. The van der Waals surface area contributed by atoms with E-state index in [-0.39, 0.29) is 17.0 Å². The van der Waals surface area contributed by atoms with Gasteiger partial charge in [-0.05, 0) is 38.5 Å². The summed E-state index contributed by atoms with van der Waals surface area (Å²) in [6.45, 7) is 7.77. The molecule has 2 amide bonds. The predicted molar refractivity (Wildman–Crippen MR) is 109 cm³/mol. The monoisotopic (exact) mass is 401 g/mol. The van der Waals surface area contributed by atoms with Gasteiger partial charge in [-0.15, -0.1) is 0 Å². The van der Waals surface area contributed by atoms with E-state index in [4.69, 9.17) is 0 Å². The van der Waals surface area contributed by atoms with E-state index < -0.39 is 16.1 Å². The lowest BCUT2D eigenvalue weighted by Gasteiger charge is -2.44. The van der Waals surface area contributed by atoms with E-state index in [1.165, 1.54) is 17.7 Å². The molecule has 7 heteroatoms. The molecule has 1 fully saturated rings. The minimum Gasteiger partial charge on any atom is -0.321 e. The lowest BCUT2D eigenvalue weighted by atomic mass is 10.1. The first kappa shape index (κ1) is 20.4. The lowest BCUT2D eigenvalue weighted by molar-refractivity contribution is 0.0506. The van der Waals surface area contributed by atoms with Gasteiger partial charge in [0.15, 0.2) is 0 Å². The Morgan fingerprint density at radius 3 is 2.14 bits per heavy atom. The summed E-state index contributed by atoms with van der Waals surface area (Å²) in [6.07, 6.45) is 0. The zero-order valence-electron chi connectivity index (χ0n) is 16.5. The van der Waals surface area contributed by atoms with Crippen LogP contribution in [-0.4, -0.2) is 49.4 Å². The maximum atomic E-state index is 12.6. The molecule has 1 aliphatic rings. The van der Waals surface area contributed by atoms with Crippen LogP contribution in [0, 0.1) is 6.92 Å². The first-order valence-electron chi connectivity index (χ1n) is 9.44. The molecule has 0 bridgehead atoms. The topological polar surface area (TPSA) is 69.7 Å². The van der Waals surface area contributed by atoms with Gasteiger partial charge in [0.25, 0.3) is 10.0 Å². The fraction of sp³-hybridized carbons (Fsp3) is 0.381. The van der Waals surface area contributed by atoms with Gasteiger partial charge in [0.05, 0.1) is 4.90 Å². The van der Waals surface area contributed by atoms with Crippen LogP contribution in [0.5, 0.6) is 0 Å². The molecule has 0 saturated carbocycles. The number of amides is 2. The summed E-state index contributed by atoms with van der Waals surface area (Å²) in [7, 11) is -3.88. The van der Waals surface area contributed by atoms with Crippen molar-refractivity contribution in [2.75, 3.05) is 13.1 Å². The molecule has 1 heterocycles. The highest BCUT2D eigenvalue weighted by atomic mass is 32.2. The molecule has 150 valence electrons. The van der Waals surface area contributed by atoms with Crippen molar-refractivity contribution in [1.29, 1.82) is 0 Å². The number of nitrogens with one attached hydrogen (secondary N) is 1. The molecular formula is C21H27N3O3S. The van der Waals surface area contributed by atoms with Gasteiger partial charge in [-0.3, -0.25) is 4.90 Å². The van der Waals surface area contributed by atoms with Crippen LogP contribution in [0.2, 0.25) is 0 Å². The smallest absolute Gasteiger partial charge is 0.321 e. The summed E-state index contributed by atoms with van der Waals surface area (Å²) in [6, 6.07) is 16.3. The van der Waals surface area contributed by atoms with Crippen molar-refractivity contribution in [3.8, 4) is 0 Å². The van der Waals surface area contributed by atoms with E-state index >= 15 is 0 Å². The van der Waals surface area contributed by atoms with Crippen LogP contribution in [0.25, 0.3) is 0 Å². The van der Waals surface area contributed by atoms with Gasteiger partial charge < -0.3 is 4.90 Å². The van der Waals surface area contributed by atoms with Gasteiger partial charge in [0.2, 0.25) is 0 Å². The van der Waals surface area contributed by atoms with Gasteiger partial charge in [0, 0.05) is 31.7 Å². The van der Waals surface area contributed by atoms with Crippen molar-refractivity contribution in [1.82, 2.24) is 14.5 Å². The molecule has 2 unspecified atom stereocenters. The minimum atomic E-state index is -3.88. The fourth-order valence-corrected chi connectivity index (χ4v) is 4.56. The molecule has 0 aromatic heterocycles. The van der Waals surface area contributed by atoms with Crippen LogP contribution in [0.1, 0.15) is 25.0 Å². The van der Waals surface area contributed by atoms with Crippen LogP contribution < -0.4 is 4.72 Å². The van der Waals surface area contributed by atoms with Crippen molar-refractivity contribution in [3.63, 3.8) is 0 Å². The maximum Gasteiger partial charge on any atom is 0.331 e. The lowest BCUT2D eigenvalue weighted by Crippen LogP contribution is -2.59. The minimum absolute atomic E-state index is 0.0928. The summed E-state index contributed by atoms with van der Waals surface area (Å²) in [4.78, 5) is 16.6. The number of carbonyl (C=O) groups is 1. The van der Waals surface area contributed by atoms with E-state index in [2.05, 4.69) is 35.6 Å².